The second-order valence-electron chi connectivity index (χ2n) is 5.06. The Bertz CT molecular complexity index is 358. The minimum Gasteiger partial charge on any atom is -0.427 e. The lowest BCUT2D eigenvalue weighted by atomic mass is 9.82. The molecular formula is C12H20BNO2. The van der Waals surface area contributed by atoms with E-state index in [9.17, 15) is 5.11 Å². The second-order valence-corrected chi connectivity index (χ2v) is 5.06. The van der Waals surface area contributed by atoms with Crippen LogP contribution in [0, 0.1) is 0 Å². The fraction of sp³-hybridized carbons (Fsp3) is 0.500. The van der Waals surface area contributed by atoms with Crippen molar-refractivity contribution in [1.29, 1.82) is 0 Å². The van der Waals surface area contributed by atoms with E-state index in [1.54, 1.807) is 13.8 Å². The molecule has 1 aromatic carbocycles. The van der Waals surface area contributed by atoms with Crippen molar-refractivity contribution in [3.05, 3.63) is 24.3 Å². The van der Waals surface area contributed by atoms with Crippen LogP contribution in [0.4, 0.5) is 5.69 Å². The van der Waals surface area contributed by atoms with Crippen molar-refractivity contribution < 1.29 is 9.76 Å². The van der Waals surface area contributed by atoms with E-state index in [1.165, 1.54) is 0 Å². The SMILES string of the molecule is CC(C)(O)C(C)(C)OBc1ccccc1N. The van der Waals surface area contributed by atoms with Crippen LogP contribution in [-0.2, 0) is 4.65 Å². The maximum atomic E-state index is 9.94. The molecule has 1 aromatic rings. The molecule has 0 aliphatic heterocycles. The zero-order chi connectivity index (χ0) is 12.4. The average molecular weight is 221 g/mol. The van der Waals surface area contributed by atoms with Gasteiger partial charge < -0.3 is 15.5 Å². The predicted octanol–water partition coefficient (Wildman–Crippen LogP) is 0.812. The molecule has 16 heavy (non-hydrogen) atoms. The van der Waals surface area contributed by atoms with Gasteiger partial charge in [0, 0.05) is 5.69 Å². The number of aliphatic hydroxyl groups is 1. The molecule has 0 aliphatic carbocycles. The normalized spacial score (nSPS) is 12.6. The van der Waals surface area contributed by atoms with Crippen LogP contribution in [0.1, 0.15) is 27.7 Å². The fourth-order valence-electron chi connectivity index (χ4n) is 1.10. The summed E-state index contributed by atoms with van der Waals surface area (Å²) in [5, 5.41) is 9.94. The lowest BCUT2D eigenvalue weighted by Gasteiger charge is -2.37. The molecule has 1 rings (SSSR count). The Labute approximate surface area is 97.9 Å². The lowest BCUT2D eigenvalue weighted by Crippen LogP contribution is -2.49. The molecule has 0 aliphatic rings. The Kier molecular flexibility index (Phi) is 3.66. The summed E-state index contributed by atoms with van der Waals surface area (Å²) in [6, 6.07) is 7.58. The maximum Gasteiger partial charge on any atom is 0.311 e. The molecular weight excluding hydrogens is 201 g/mol. The molecule has 0 atom stereocenters. The maximum absolute atomic E-state index is 9.94. The first-order valence-electron chi connectivity index (χ1n) is 5.44. The smallest absolute Gasteiger partial charge is 0.311 e. The number of anilines is 1. The Balaban J connectivity index is 2.69. The number of nitrogen functional groups attached to an aromatic ring is 1. The lowest BCUT2D eigenvalue weighted by molar-refractivity contribution is -0.0893. The molecule has 0 spiro atoms. The quantitative estimate of drug-likeness (QED) is 0.584. The van der Waals surface area contributed by atoms with Crippen LogP contribution in [0.5, 0.6) is 0 Å². The van der Waals surface area contributed by atoms with Crippen molar-refractivity contribution in [3.63, 3.8) is 0 Å². The summed E-state index contributed by atoms with van der Waals surface area (Å²) >= 11 is 0. The number of rotatable bonds is 4. The highest BCUT2D eigenvalue weighted by molar-refractivity contribution is 6.49. The average Bonchev–Trinajstić information content (AvgIpc) is 2.15. The first-order valence-corrected chi connectivity index (χ1v) is 5.44. The van der Waals surface area contributed by atoms with Crippen LogP contribution in [0.15, 0.2) is 24.3 Å². The van der Waals surface area contributed by atoms with Crippen molar-refractivity contribution >= 4 is 18.6 Å². The second kappa shape index (κ2) is 4.48. The molecule has 0 fully saturated rings. The summed E-state index contributed by atoms with van der Waals surface area (Å²) < 4.78 is 5.73. The summed E-state index contributed by atoms with van der Waals surface area (Å²) in [6.45, 7) is 7.21. The van der Waals surface area contributed by atoms with Gasteiger partial charge in [-0.2, -0.15) is 0 Å². The number of nitrogens with two attached hydrogens (primary N) is 1. The van der Waals surface area contributed by atoms with E-state index in [1.807, 2.05) is 38.1 Å². The zero-order valence-electron chi connectivity index (χ0n) is 10.4. The standard InChI is InChI=1S/C12H20BNO2/c1-11(2,15)12(3,4)16-13-9-7-5-6-8-10(9)14/h5-8,13,15H,14H2,1-4H3. The van der Waals surface area contributed by atoms with Gasteiger partial charge in [0.05, 0.1) is 11.2 Å². The van der Waals surface area contributed by atoms with Crippen molar-refractivity contribution in [2.75, 3.05) is 5.73 Å². The highest BCUT2D eigenvalue weighted by Gasteiger charge is 2.35. The molecule has 0 bridgehead atoms. The molecule has 0 saturated heterocycles. The zero-order valence-corrected chi connectivity index (χ0v) is 10.4. The third-order valence-corrected chi connectivity index (χ3v) is 3.12. The molecule has 0 amide bonds. The van der Waals surface area contributed by atoms with E-state index in [0.717, 1.165) is 5.46 Å². The predicted molar refractivity (Wildman–Crippen MR) is 69.1 cm³/mol. The first-order chi connectivity index (χ1) is 7.24. The van der Waals surface area contributed by atoms with Crippen LogP contribution in [0.25, 0.3) is 0 Å². The third kappa shape index (κ3) is 3.00. The molecule has 0 radical (unpaired) electrons. The van der Waals surface area contributed by atoms with Crippen LogP contribution < -0.4 is 11.2 Å². The van der Waals surface area contributed by atoms with E-state index >= 15 is 0 Å². The number of hydrogen-bond acceptors (Lipinski definition) is 3. The molecule has 3 nitrogen and oxygen atoms in total. The van der Waals surface area contributed by atoms with Gasteiger partial charge in [-0.15, -0.1) is 0 Å². The van der Waals surface area contributed by atoms with Crippen LogP contribution in [0.3, 0.4) is 0 Å². The monoisotopic (exact) mass is 221 g/mol. The van der Waals surface area contributed by atoms with Crippen LogP contribution in [0.2, 0.25) is 0 Å². The Hall–Kier alpha value is -0.995. The summed E-state index contributed by atoms with van der Waals surface area (Å²) in [5.41, 5.74) is 5.97. The van der Waals surface area contributed by atoms with Gasteiger partial charge in [-0.1, -0.05) is 18.2 Å². The van der Waals surface area contributed by atoms with Crippen molar-refractivity contribution in [1.82, 2.24) is 0 Å². The number of benzene rings is 1. The third-order valence-electron chi connectivity index (χ3n) is 3.12. The minimum absolute atomic E-state index is 0.406. The minimum atomic E-state index is -0.892. The van der Waals surface area contributed by atoms with Gasteiger partial charge in [-0.05, 0) is 39.2 Å². The van der Waals surface area contributed by atoms with E-state index < -0.39 is 11.2 Å². The molecule has 4 heteroatoms. The van der Waals surface area contributed by atoms with Gasteiger partial charge >= 0.3 is 7.48 Å². The van der Waals surface area contributed by atoms with E-state index in [2.05, 4.69) is 0 Å². The number of hydrogen-bond donors (Lipinski definition) is 2. The topological polar surface area (TPSA) is 55.5 Å². The Morgan fingerprint density at radius 2 is 1.75 bits per heavy atom. The summed E-state index contributed by atoms with van der Waals surface area (Å²) in [6.07, 6.45) is 0. The van der Waals surface area contributed by atoms with E-state index in [-0.39, 0.29) is 0 Å². The van der Waals surface area contributed by atoms with E-state index in [4.69, 9.17) is 10.4 Å². The van der Waals surface area contributed by atoms with Crippen molar-refractivity contribution in [2.45, 2.75) is 38.9 Å². The van der Waals surface area contributed by atoms with Gasteiger partial charge in [0.15, 0.2) is 0 Å². The molecule has 0 saturated carbocycles. The molecule has 0 unspecified atom stereocenters. The highest BCUT2D eigenvalue weighted by Crippen LogP contribution is 2.24. The molecule has 3 N–H and O–H groups in total. The molecule has 88 valence electrons. The van der Waals surface area contributed by atoms with Gasteiger partial charge in [-0.25, -0.2) is 0 Å². The van der Waals surface area contributed by atoms with Crippen molar-refractivity contribution in [2.24, 2.45) is 0 Å². The molecule has 0 heterocycles. The summed E-state index contributed by atoms with van der Waals surface area (Å²) in [7, 11) is 0.406. The summed E-state index contributed by atoms with van der Waals surface area (Å²) in [5.74, 6) is 0. The van der Waals surface area contributed by atoms with Gasteiger partial charge in [0.1, 0.15) is 0 Å². The van der Waals surface area contributed by atoms with Gasteiger partial charge in [0.2, 0.25) is 0 Å². The van der Waals surface area contributed by atoms with Crippen LogP contribution in [-0.4, -0.2) is 23.8 Å². The molecule has 0 aromatic heterocycles. The van der Waals surface area contributed by atoms with Crippen LogP contribution >= 0.6 is 0 Å². The first kappa shape index (κ1) is 13.1. The fourth-order valence-corrected chi connectivity index (χ4v) is 1.10. The Morgan fingerprint density at radius 1 is 1.19 bits per heavy atom. The van der Waals surface area contributed by atoms with Gasteiger partial charge in [-0.3, -0.25) is 0 Å². The van der Waals surface area contributed by atoms with Gasteiger partial charge in [0.25, 0.3) is 0 Å². The number of para-hydroxylation sites is 1. The Morgan fingerprint density at radius 3 is 2.25 bits per heavy atom. The highest BCUT2D eigenvalue weighted by atomic mass is 16.5. The van der Waals surface area contributed by atoms with Crippen molar-refractivity contribution in [3.8, 4) is 0 Å². The largest absolute Gasteiger partial charge is 0.427 e. The van der Waals surface area contributed by atoms with E-state index in [0.29, 0.717) is 13.2 Å². The summed E-state index contributed by atoms with van der Waals surface area (Å²) in [4.78, 5) is 0.